The van der Waals surface area contributed by atoms with E-state index in [0.29, 0.717) is 31.2 Å². The molecule has 3 atom stereocenters. The molecule has 1 fully saturated rings. The minimum Gasteiger partial charge on any atom is -0.446 e. The van der Waals surface area contributed by atoms with Crippen molar-refractivity contribution in [1.29, 1.82) is 0 Å². The summed E-state index contributed by atoms with van der Waals surface area (Å²) < 4.78 is 49.4. The van der Waals surface area contributed by atoms with E-state index in [0.717, 1.165) is 23.2 Å². The van der Waals surface area contributed by atoms with Crippen molar-refractivity contribution >= 4 is 23.4 Å². The number of carbonyl (C=O) groups is 1. The molecule has 2 N–H and O–H groups in total. The van der Waals surface area contributed by atoms with Crippen molar-refractivity contribution in [2.45, 2.75) is 63.5 Å². The number of hydrogen-bond acceptors (Lipinski definition) is 8. The predicted octanol–water partition coefficient (Wildman–Crippen LogP) is 4.11. The average Bonchev–Trinajstić information content (AvgIpc) is 3.40. The van der Waals surface area contributed by atoms with E-state index in [4.69, 9.17) is 9.47 Å². The smallest absolute Gasteiger partial charge is 0.407 e. The molecule has 3 aromatic rings. The Balaban J connectivity index is 1.32. The number of aromatic nitrogens is 5. The zero-order valence-electron chi connectivity index (χ0n) is 19.2. The van der Waals surface area contributed by atoms with Gasteiger partial charge in [-0.25, -0.2) is 24.3 Å². The first kappa shape index (κ1) is 24.6. The number of alkyl halides is 3. The molecule has 1 saturated carbocycles. The number of nitrogens with one attached hydrogen (secondary N) is 2. The van der Waals surface area contributed by atoms with Gasteiger partial charge in [-0.3, -0.25) is 0 Å². The van der Waals surface area contributed by atoms with Crippen LogP contribution < -0.4 is 10.6 Å². The third kappa shape index (κ3) is 6.56. The van der Waals surface area contributed by atoms with Gasteiger partial charge >= 0.3 is 12.3 Å². The lowest BCUT2D eigenvalue weighted by Gasteiger charge is -2.18. The molecule has 188 valence electrons. The standard InChI is InChI=1S/C22H26F3N7O3/c1-13(9-22(23,24)25)29-21(33)35-17-4-3-14(7-17)15-10-27-20(28-11-15)30-19-18-8-16(12-34-2)31-32(18)6-5-26-19/h5-6,8,10-11,13-14,17H,3-4,7,9,12H2,1-2H3,(H,29,33)(H,26,27,28,30)/t13-,14-,17+/m0/s1. The molecule has 1 aliphatic carbocycles. The summed E-state index contributed by atoms with van der Waals surface area (Å²) in [6, 6.07) is 0.814. The molecule has 0 spiro atoms. The number of nitrogens with zero attached hydrogens (tertiary/aromatic N) is 5. The number of methoxy groups -OCH3 is 1. The van der Waals surface area contributed by atoms with Crippen LogP contribution in [0.5, 0.6) is 0 Å². The topological polar surface area (TPSA) is 116 Å². The number of halogens is 3. The highest BCUT2D eigenvalue weighted by molar-refractivity contribution is 5.71. The first-order valence-electron chi connectivity index (χ1n) is 11.1. The molecule has 3 heterocycles. The lowest BCUT2D eigenvalue weighted by Crippen LogP contribution is -2.37. The zero-order chi connectivity index (χ0) is 25.0. The number of rotatable bonds is 8. The molecule has 0 aromatic carbocycles. The number of carbonyl (C=O) groups excluding carboxylic acids is 1. The molecule has 0 unspecified atom stereocenters. The highest BCUT2D eigenvalue weighted by Gasteiger charge is 2.32. The molecule has 3 aromatic heterocycles. The summed E-state index contributed by atoms with van der Waals surface area (Å²) >= 11 is 0. The number of hydrogen-bond donors (Lipinski definition) is 2. The van der Waals surface area contributed by atoms with Gasteiger partial charge < -0.3 is 20.1 Å². The maximum Gasteiger partial charge on any atom is 0.407 e. The van der Waals surface area contributed by atoms with Crippen LogP contribution in [0, 0.1) is 0 Å². The Morgan fingerprint density at radius 1 is 1.26 bits per heavy atom. The minimum absolute atomic E-state index is 0.0856. The number of fused-ring (bicyclic) bond motifs is 1. The van der Waals surface area contributed by atoms with Crippen LogP contribution in [-0.2, 0) is 16.1 Å². The lowest BCUT2D eigenvalue weighted by atomic mass is 10.0. The maximum absolute atomic E-state index is 12.4. The fourth-order valence-corrected chi connectivity index (χ4v) is 4.14. The van der Waals surface area contributed by atoms with Crippen molar-refractivity contribution in [2.24, 2.45) is 0 Å². The van der Waals surface area contributed by atoms with E-state index < -0.39 is 24.7 Å². The highest BCUT2D eigenvalue weighted by atomic mass is 19.4. The molecule has 35 heavy (non-hydrogen) atoms. The van der Waals surface area contributed by atoms with Gasteiger partial charge in [0.05, 0.1) is 18.7 Å². The third-order valence-electron chi connectivity index (χ3n) is 5.67. The van der Waals surface area contributed by atoms with Crippen molar-refractivity contribution in [3.8, 4) is 0 Å². The van der Waals surface area contributed by atoms with Crippen LogP contribution in [0.4, 0.5) is 29.7 Å². The van der Waals surface area contributed by atoms with Gasteiger partial charge in [-0.15, -0.1) is 0 Å². The second-order valence-corrected chi connectivity index (χ2v) is 8.54. The number of amides is 1. The van der Waals surface area contributed by atoms with Crippen molar-refractivity contribution < 1.29 is 27.4 Å². The first-order valence-corrected chi connectivity index (χ1v) is 11.1. The predicted molar refractivity (Wildman–Crippen MR) is 119 cm³/mol. The Kier molecular flexibility index (Phi) is 7.34. The molecule has 0 bridgehead atoms. The summed E-state index contributed by atoms with van der Waals surface area (Å²) in [4.78, 5) is 25.0. The van der Waals surface area contributed by atoms with Gasteiger partial charge in [0, 0.05) is 37.9 Å². The summed E-state index contributed by atoms with van der Waals surface area (Å²) in [7, 11) is 1.60. The fraction of sp³-hybridized carbons (Fsp3) is 0.500. The first-order chi connectivity index (χ1) is 16.7. The van der Waals surface area contributed by atoms with Crippen LogP contribution in [0.15, 0.2) is 30.9 Å². The van der Waals surface area contributed by atoms with Gasteiger partial charge in [-0.2, -0.15) is 18.3 Å². The summed E-state index contributed by atoms with van der Waals surface area (Å²) in [5.74, 6) is 1.00. The Morgan fingerprint density at radius 3 is 2.74 bits per heavy atom. The third-order valence-corrected chi connectivity index (χ3v) is 5.67. The molecule has 1 amide bonds. The van der Waals surface area contributed by atoms with E-state index in [2.05, 4.69) is 30.7 Å². The molecular formula is C22H26F3N7O3. The molecular weight excluding hydrogens is 467 g/mol. The van der Waals surface area contributed by atoms with Crippen molar-refractivity contribution in [2.75, 3.05) is 12.4 Å². The average molecular weight is 493 g/mol. The molecule has 10 nitrogen and oxygen atoms in total. The highest BCUT2D eigenvalue weighted by Crippen LogP contribution is 2.35. The van der Waals surface area contributed by atoms with Gasteiger partial charge in [-0.1, -0.05) is 0 Å². The molecule has 0 aliphatic heterocycles. The number of ether oxygens (including phenoxy) is 2. The fourth-order valence-electron chi connectivity index (χ4n) is 4.14. The van der Waals surface area contributed by atoms with E-state index in [1.54, 1.807) is 36.4 Å². The second kappa shape index (κ2) is 10.4. The van der Waals surface area contributed by atoms with Gasteiger partial charge in [0.25, 0.3) is 0 Å². The molecule has 0 saturated heterocycles. The van der Waals surface area contributed by atoms with E-state index in [1.807, 2.05) is 6.07 Å². The van der Waals surface area contributed by atoms with Crippen LogP contribution in [0.25, 0.3) is 5.52 Å². The van der Waals surface area contributed by atoms with Gasteiger partial charge in [0.1, 0.15) is 11.6 Å². The van der Waals surface area contributed by atoms with Gasteiger partial charge in [0.15, 0.2) is 5.82 Å². The zero-order valence-corrected chi connectivity index (χ0v) is 19.2. The number of alkyl carbamates (subject to hydrolysis) is 1. The normalized spacial score (nSPS) is 19.0. The van der Waals surface area contributed by atoms with Gasteiger partial charge in [0.2, 0.25) is 5.95 Å². The molecule has 4 rings (SSSR count). The quantitative estimate of drug-likeness (QED) is 0.482. The number of anilines is 2. The lowest BCUT2D eigenvalue weighted by molar-refractivity contribution is -0.138. The summed E-state index contributed by atoms with van der Waals surface area (Å²) in [6.07, 6.45) is 2.03. The Labute approximate surface area is 199 Å². The Hall–Kier alpha value is -3.48. The second-order valence-electron chi connectivity index (χ2n) is 8.54. The SMILES string of the molecule is COCc1cc2c(Nc3ncc([C@H]4CC[C@@H](OC(=O)N[C@@H](C)CC(F)(F)F)C4)cn3)nccn2n1. The Morgan fingerprint density at radius 2 is 2.03 bits per heavy atom. The minimum atomic E-state index is -4.35. The summed E-state index contributed by atoms with van der Waals surface area (Å²) in [5, 5.41) is 9.74. The van der Waals surface area contributed by atoms with Crippen LogP contribution in [0.3, 0.4) is 0 Å². The molecule has 0 radical (unpaired) electrons. The Bertz CT molecular complexity index is 1150. The van der Waals surface area contributed by atoms with Crippen molar-refractivity contribution in [3.05, 3.63) is 42.1 Å². The van der Waals surface area contributed by atoms with Crippen LogP contribution in [-0.4, -0.2) is 56.1 Å². The molecule has 13 heteroatoms. The summed E-state index contributed by atoms with van der Waals surface area (Å²) in [5.41, 5.74) is 2.41. The molecule has 1 aliphatic rings. The van der Waals surface area contributed by atoms with Gasteiger partial charge in [-0.05, 0) is 43.7 Å². The van der Waals surface area contributed by atoms with Crippen LogP contribution in [0.2, 0.25) is 0 Å². The maximum atomic E-state index is 12.4. The summed E-state index contributed by atoms with van der Waals surface area (Å²) in [6.45, 7) is 1.67. The largest absolute Gasteiger partial charge is 0.446 e. The van der Waals surface area contributed by atoms with E-state index >= 15 is 0 Å². The van der Waals surface area contributed by atoms with E-state index in [-0.39, 0.29) is 12.0 Å². The van der Waals surface area contributed by atoms with Crippen LogP contribution in [0.1, 0.15) is 49.8 Å². The van der Waals surface area contributed by atoms with Crippen LogP contribution >= 0.6 is 0 Å². The monoisotopic (exact) mass is 493 g/mol. The van der Waals surface area contributed by atoms with Crippen molar-refractivity contribution in [3.63, 3.8) is 0 Å². The van der Waals surface area contributed by atoms with E-state index in [1.165, 1.54) is 6.92 Å². The van der Waals surface area contributed by atoms with E-state index in [9.17, 15) is 18.0 Å². The van der Waals surface area contributed by atoms with Crippen molar-refractivity contribution in [1.82, 2.24) is 29.9 Å².